The molecule has 1 aliphatic heterocycles. The van der Waals surface area contributed by atoms with Crippen molar-refractivity contribution >= 4 is 17.7 Å². The third-order valence-electron chi connectivity index (χ3n) is 3.88. The molecule has 1 aliphatic carbocycles. The molecule has 0 radical (unpaired) electrons. The molecule has 0 aromatic rings. The highest BCUT2D eigenvalue weighted by atomic mass is 32.2. The van der Waals surface area contributed by atoms with E-state index in [-0.39, 0.29) is 11.4 Å². The molecule has 1 amide bonds. The van der Waals surface area contributed by atoms with Crippen molar-refractivity contribution in [3.8, 4) is 0 Å². The Morgan fingerprint density at radius 2 is 2.00 bits per heavy atom. The lowest BCUT2D eigenvalue weighted by Gasteiger charge is -2.26. The zero-order chi connectivity index (χ0) is 12.1. The summed E-state index contributed by atoms with van der Waals surface area (Å²) in [6.45, 7) is 4.40. The summed E-state index contributed by atoms with van der Waals surface area (Å²) in [4.78, 5) is 11.9. The Morgan fingerprint density at radius 3 is 2.65 bits per heavy atom. The topological polar surface area (TPSA) is 41.1 Å². The molecule has 0 atom stereocenters. The van der Waals surface area contributed by atoms with Crippen molar-refractivity contribution in [2.75, 3.05) is 18.8 Å². The van der Waals surface area contributed by atoms with Gasteiger partial charge in [-0.05, 0) is 45.7 Å². The second-order valence-electron chi connectivity index (χ2n) is 5.58. The molecule has 1 saturated heterocycles. The maximum absolute atomic E-state index is 11.9. The summed E-state index contributed by atoms with van der Waals surface area (Å²) in [5, 5.41) is 7.25. The molecular weight excluding hydrogens is 232 g/mol. The van der Waals surface area contributed by atoms with E-state index in [1.165, 1.54) is 25.7 Å². The van der Waals surface area contributed by atoms with E-state index >= 15 is 0 Å². The van der Waals surface area contributed by atoms with E-state index in [0.717, 1.165) is 25.9 Å². The van der Waals surface area contributed by atoms with E-state index in [9.17, 15) is 4.79 Å². The van der Waals surface area contributed by atoms with Crippen LogP contribution in [0.2, 0.25) is 0 Å². The third-order valence-corrected chi connectivity index (χ3v) is 5.26. The van der Waals surface area contributed by atoms with Crippen molar-refractivity contribution in [1.29, 1.82) is 0 Å². The van der Waals surface area contributed by atoms with Gasteiger partial charge in [-0.1, -0.05) is 12.8 Å². The van der Waals surface area contributed by atoms with Gasteiger partial charge in [0.2, 0.25) is 5.91 Å². The molecule has 1 saturated carbocycles. The fraction of sp³-hybridized carbons (Fsp3) is 0.923. The molecule has 2 rings (SSSR count). The molecule has 98 valence electrons. The van der Waals surface area contributed by atoms with Crippen LogP contribution >= 0.6 is 11.8 Å². The van der Waals surface area contributed by atoms with E-state index in [1.807, 2.05) is 11.8 Å². The van der Waals surface area contributed by atoms with Crippen molar-refractivity contribution in [3.63, 3.8) is 0 Å². The van der Waals surface area contributed by atoms with Gasteiger partial charge in [0.15, 0.2) is 0 Å². The Morgan fingerprint density at radius 1 is 1.35 bits per heavy atom. The highest BCUT2D eigenvalue weighted by molar-refractivity contribution is 8.00. The van der Waals surface area contributed by atoms with Gasteiger partial charge in [0.25, 0.3) is 0 Å². The molecule has 2 fully saturated rings. The first-order chi connectivity index (χ1) is 8.18. The van der Waals surface area contributed by atoms with Crippen LogP contribution in [0.4, 0.5) is 0 Å². The highest BCUT2D eigenvalue weighted by Gasteiger charge is 2.30. The maximum atomic E-state index is 11.9. The van der Waals surface area contributed by atoms with Crippen LogP contribution in [0.15, 0.2) is 0 Å². The van der Waals surface area contributed by atoms with E-state index in [0.29, 0.717) is 11.0 Å². The smallest absolute Gasteiger partial charge is 0.230 e. The Hall–Kier alpha value is -0.220. The zero-order valence-electron chi connectivity index (χ0n) is 10.8. The maximum Gasteiger partial charge on any atom is 0.230 e. The molecule has 3 nitrogen and oxygen atoms in total. The zero-order valence-corrected chi connectivity index (χ0v) is 11.6. The molecule has 1 heterocycles. The monoisotopic (exact) mass is 256 g/mol. The number of nitrogens with one attached hydrogen (secondary N) is 2. The summed E-state index contributed by atoms with van der Waals surface area (Å²) in [6, 6.07) is 0. The molecule has 0 aromatic heterocycles. The van der Waals surface area contributed by atoms with Gasteiger partial charge in [-0.3, -0.25) is 4.79 Å². The normalized spacial score (nSPS) is 24.8. The van der Waals surface area contributed by atoms with E-state index in [1.54, 1.807) is 0 Å². The predicted octanol–water partition coefficient (Wildman–Crippen LogP) is 1.92. The number of carbonyl (C=O) groups excluding carboxylic acids is 1. The number of amides is 1. The summed E-state index contributed by atoms with van der Waals surface area (Å²) in [5.41, 5.74) is 0.0891. The summed E-state index contributed by atoms with van der Waals surface area (Å²) >= 11 is 1.84. The second-order valence-corrected chi connectivity index (χ2v) is 6.86. The van der Waals surface area contributed by atoms with E-state index < -0.39 is 0 Å². The largest absolute Gasteiger partial charge is 0.350 e. The number of hydrogen-bond acceptors (Lipinski definition) is 3. The molecule has 2 aliphatic rings. The van der Waals surface area contributed by atoms with Gasteiger partial charge in [-0.15, -0.1) is 11.8 Å². The van der Waals surface area contributed by atoms with Crippen LogP contribution in [0.3, 0.4) is 0 Å². The quantitative estimate of drug-likeness (QED) is 0.807. The number of carbonyl (C=O) groups is 1. The van der Waals surface area contributed by atoms with Gasteiger partial charge in [-0.2, -0.15) is 0 Å². The van der Waals surface area contributed by atoms with Gasteiger partial charge in [0.1, 0.15) is 0 Å². The minimum absolute atomic E-state index is 0.0891. The van der Waals surface area contributed by atoms with Crippen LogP contribution in [0.5, 0.6) is 0 Å². The molecular formula is C13H24N2OS. The molecule has 0 bridgehead atoms. The standard InChI is InChI=1S/C13H24N2OS/c1-13(6-2-3-7-13)15-12(16)10-17-11-4-8-14-9-5-11/h11,14H,2-10H2,1H3,(H,15,16). The Labute approximate surface area is 108 Å². The average Bonchev–Trinajstić information content (AvgIpc) is 2.74. The van der Waals surface area contributed by atoms with Crippen molar-refractivity contribution < 1.29 is 4.79 Å². The molecule has 0 unspecified atom stereocenters. The first-order valence-corrected chi connectivity index (χ1v) is 7.86. The highest BCUT2D eigenvalue weighted by Crippen LogP contribution is 2.29. The molecule has 17 heavy (non-hydrogen) atoms. The first kappa shape index (κ1) is 13.2. The van der Waals surface area contributed by atoms with Crippen LogP contribution in [0, 0.1) is 0 Å². The van der Waals surface area contributed by atoms with Crippen molar-refractivity contribution in [1.82, 2.24) is 10.6 Å². The van der Waals surface area contributed by atoms with Crippen LogP contribution in [-0.4, -0.2) is 35.5 Å². The van der Waals surface area contributed by atoms with Gasteiger partial charge in [-0.25, -0.2) is 0 Å². The summed E-state index contributed by atoms with van der Waals surface area (Å²) in [5.74, 6) is 0.873. The summed E-state index contributed by atoms with van der Waals surface area (Å²) in [6.07, 6.45) is 7.23. The van der Waals surface area contributed by atoms with Crippen LogP contribution in [0.25, 0.3) is 0 Å². The minimum Gasteiger partial charge on any atom is -0.350 e. The van der Waals surface area contributed by atoms with E-state index in [2.05, 4.69) is 17.6 Å². The Kier molecular flexibility index (Phi) is 4.74. The predicted molar refractivity (Wildman–Crippen MR) is 73.4 cm³/mol. The summed E-state index contributed by atoms with van der Waals surface area (Å²) < 4.78 is 0. The number of piperidine rings is 1. The van der Waals surface area contributed by atoms with Crippen molar-refractivity contribution in [3.05, 3.63) is 0 Å². The first-order valence-electron chi connectivity index (χ1n) is 6.81. The van der Waals surface area contributed by atoms with Crippen LogP contribution in [-0.2, 0) is 4.79 Å². The average molecular weight is 256 g/mol. The van der Waals surface area contributed by atoms with Crippen molar-refractivity contribution in [2.24, 2.45) is 0 Å². The number of thioether (sulfide) groups is 1. The van der Waals surface area contributed by atoms with Gasteiger partial charge < -0.3 is 10.6 Å². The van der Waals surface area contributed by atoms with Gasteiger partial charge in [0.05, 0.1) is 5.75 Å². The molecule has 0 spiro atoms. The van der Waals surface area contributed by atoms with Gasteiger partial charge in [0, 0.05) is 10.8 Å². The lowest BCUT2D eigenvalue weighted by molar-refractivity contribution is -0.120. The molecule has 4 heteroatoms. The van der Waals surface area contributed by atoms with Crippen LogP contribution < -0.4 is 10.6 Å². The lowest BCUT2D eigenvalue weighted by Crippen LogP contribution is -2.44. The fourth-order valence-corrected chi connectivity index (χ4v) is 3.84. The fourth-order valence-electron chi connectivity index (χ4n) is 2.81. The minimum atomic E-state index is 0.0891. The molecule has 0 aromatic carbocycles. The summed E-state index contributed by atoms with van der Waals surface area (Å²) in [7, 11) is 0. The Bertz CT molecular complexity index is 258. The second kappa shape index (κ2) is 6.10. The van der Waals surface area contributed by atoms with Gasteiger partial charge >= 0.3 is 0 Å². The number of hydrogen-bond donors (Lipinski definition) is 2. The Balaban J connectivity index is 1.66. The lowest BCUT2D eigenvalue weighted by atomic mass is 10.0. The third kappa shape index (κ3) is 4.18. The van der Waals surface area contributed by atoms with Crippen LogP contribution in [0.1, 0.15) is 45.4 Å². The van der Waals surface area contributed by atoms with E-state index in [4.69, 9.17) is 0 Å². The molecule has 2 N–H and O–H groups in total. The number of rotatable bonds is 4. The van der Waals surface area contributed by atoms with Crippen molar-refractivity contribution in [2.45, 2.75) is 56.2 Å². The SMILES string of the molecule is CC1(NC(=O)CSC2CCNCC2)CCCC1.